The number of rotatable bonds is 5. The molecule has 0 unspecified atom stereocenters. The molecule has 0 aromatic heterocycles. The number of carboxylic acid groups (broad SMARTS) is 2. The lowest BCUT2D eigenvalue weighted by Crippen LogP contribution is -2.14. The van der Waals surface area contributed by atoms with Crippen molar-refractivity contribution in [1.29, 1.82) is 0 Å². The molecule has 4 nitrogen and oxygen atoms in total. The van der Waals surface area contributed by atoms with Crippen LogP contribution < -0.4 is 0 Å². The second kappa shape index (κ2) is 6.43. The summed E-state index contributed by atoms with van der Waals surface area (Å²) in [5.41, 5.74) is 1.51. The van der Waals surface area contributed by atoms with Crippen molar-refractivity contribution in [2.24, 2.45) is 0 Å². The summed E-state index contributed by atoms with van der Waals surface area (Å²) in [7, 11) is 0. The summed E-state index contributed by atoms with van der Waals surface area (Å²) in [4.78, 5) is 22.8. The van der Waals surface area contributed by atoms with Gasteiger partial charge in [0.05, 0.1) is 0 Å². The van der Waals surface area contributed by atoms with Crippen LogP contribution in [0.25, 0.3) is 16.3 Å². The maximum atomic E-state index is 11.4. The Kier molecular flexibility index (Phi) is 4.61. The van der Waals surface area contributed by atoms with Crippen LogP contribution in [0.2, 0.25) is 0 Å². The highest BCUT2D eigenvalue weighted by Crippen LogP contribution is 2.33. The van der Waals surface area contributed by atoms with E-state index in [0.29, 0.717) is 18.4 Å². The predicted molar refractivity (Wildman–Crippen MR) is 85.8 cm³/mol. The molecular weight excluding hydrogens is 280 g/mol. The highest BCUT2D eigenvalue weighted by molar-refractivity contribution is 6.20. The summed E-state index contributed by atoms with van der Waals surface area (Å²) < 4.78 is 0. The Morgan fingerprint density at radius 2 is 1.59 bits per heavy atom. The van der Waals surface area contributed by atoms with Gasteiger partial charge in [-0.2, -0.15) is 0 Å². The molecular formula is C18H18O4. The number of aryl methyl sites for hydroxylation is 1. The summed E-state index contributed by atoms with van der Waals surface area (Å²) in [5, 5.41) is 20.5. The van der Waals surface area contributed by atoms with Gasteiger partial charge in [-0.15, -0.1) is 0 Å². The molecule has 0 saturated heterocycles. The lowest BCUT2D eigenvalue weighted by Gasteiger charge is -2.16. The average Bonchev–Trinajstić information content (AvgIpc) is 2.50. The zero-order chi connectivity index (χ0) is 16.3. The maximum Gasteiger partial charge on any atom is 0.343 e. The topological polar surface area (TPSA) is 74.6 Å². The van der Waals surface area contributed by atoms with Gasteiger partial charge in [-0.05, 0) is 40.3 Å². The van der Waals surface area contributed by atoms with Crippen molar-refractivity contribution in [1.82, 2.24) is 0 Å². The van der Waals surface area contributed by atoms with Crippen LogP contribution in [0.4, 0.5) is 0 Å². The molecule has 114 valence electrons. The Bertz CT molecular complexity index is 756. The molecule has 2 aromatic carbocycles. The number of aliphatic carboxylic acids is 2. The van der Waals surface area contributed by atoms with E-state index in [2.05, 4.69) is 0 Å². The van der Waals surface area contributed by atoms with Gasteiger partial charge in [-0.1, -0.05) is 50.2 Å². The van der Waals surface area contributed by atoms with Crippen molar-refractivity contribution >= 4 is 28.3 Å². The minimum Gasteiger partial charge on any atom is -0.477 e. The van der Waals surface area contributed by atoms with E-state index in [-0.39, 0.29) is 0 Å². The normalized spacial score (nSPS) is 10.5. The summed E-state index contributed by atoms with van der Waals surface area (Å²) in [5.74, 6) is -2.81. The third-order valence-electron chi connectivity index (χ3n) is 3.78. The first kappa shape index (κ1) is 15.8. The average molecular weight is 298 g/mol. The standard InChI is InChI=1S/C18H18O4/c1-3-11-9-10-12-7-5-6-8-14(12)15(11)13(4-2)16(17(19)20)18(21)22/h5-10H,3-4H2,1-2H3,(H,19,20)(H,21,22). The lowest BCUT2D eigenvalue weighted by molar-refractivity contribution is -0.140. The second-order valence-electron chi connectivity index (χ2n) is 4.99. The van der Waals surface area contributed by atoms with Crippen molar-refractivity contribution in [3.63, 3.8) is 0 Å². The molecule has 0 bridgehead atoms. The van der Waals surface area contributed by atoms with Crippen LogP contribution in [0, 0.1) is 0 Å². The largest absolute Gasteiger partial charge is 0.477 e. The molecule has 2 aromatic rings. The van der Waals surface area contributed by atoms with E-state index in [0.717, 1.165) is 21.9 Å². The number of hydrogen-bond acceptors (Lipinski definition) is 2. The smallest absolute Gasteiger partial charge is 0.343 e. The Morgan fingerprint density at radius 1 is 0.955 bits per heavy atom. The Hall–Kier alpha value is -2.62. The van der Waals surface area contributed by atoms with Crippen molar-refractivity contribution in [2.75, 3.05) is 0 Å². The maximum absolute atomic E-state index is 11.4. The molecule has 2 rings (SSSR count). The van der Waals surface area contributed by atoms with E-state index < -0.39 is 17.5 Å². The van der Waals surface area contributed by atoms with Crippen LogP contribution in [0.3, 0.4) is 0 Å². The second-order valence-corrected chi connectivity index (χ2v) is 4.99. The van der Waals surface area contributed by atoms with Gasteiger partial charge in [0, 0.05) is 0 Å². The molecule has 0 amide bonds. The monoisotopic (exact) mass is 298 g/mol. The highest BCUT2D eigenvalue weighted by atomic mass is 16.4. The van der Waals surface area contributed by atoms with Crippen LogP contribution in [0.1, 0.15) is 31.4 Å². The minimum atomic E-state index is -1.40. The van der Waals surface area contributed by atoms with E-state index in [1.165, 1.54) is 0 Å². The summed E-state index contributed by atoms with van der Waals surface area (Å²) in [6.07, 6.45) is 1.05. The molecule has 22 heavy (non-hydrogen) atoms. The van der Waals surface area contributed by atoms with Gasteiger partial charge in [-0.3, -0.25) is 0 Å². The first-order chi connectivity index (χ1) is 10.5. The third-order valence-corrected chi connectivity index (χ3v) is 3.78. The summed E-state index contributed by atoms with van der Waals surface area (Å²) in [6, 6.07) is 11.5. The Balaban J connectivity index is 2.94. The number of carboxylic acids is 2. The molecule has 0 fully saturated rings. The number of allylic oxidation sites excluding steroid dienone is 1. The van der Waals surface area contributed by atoms with Gasteiger partial charge < -0.3 is 10.2 Å². The van der Waals surface area contributed by atoms with Crippen LogP contribution in [0.15, 0.2) is 42.0 Å². The molecule has 0 saturated carbocycles. The molecule has 0 aliphatic carbocycles. The van der Waals surface area contributed by atoms with Crippen molar-refractivity contribution in [2.45, 2.75) is 26.7 Å². The number of carbonyl (C=O) groups is 2. The van der Waals surface area contributed by atoms with Gasteiger partial charge in [0.15, 0.2) is 0 Å². The van der Waals surface area contributed by atoms with Gasteiger partial charge in [0.2, 0.25) is 0 Å². The highest BCUT2D eigenvalue weighted by Gasteiger charge is 2.24. The third kappa shape index (κ3) is 2.72. The predicted octanol–water partition coefficient (Wildman–Crippen LogP) is 3.74. The van der Waals surface area contributed by atoms with Crippen LogP contribution >= 0.6 is 0 Å². The number of hydrogen-bond donors (Lipinski definition) is 2. The molecule has 0 aliphatic heterocycles. The Labute approximate surface area is 128 Å². The van der Waals surface area contributed by atoms with E-state index in [1.807, 2.05) is 43.3 Å². The Morgan fingerprint density at radius 3 is 2.14 bits per heavy atom. The molecule has 4 heteroatoms. The van der Waals surface area contributed by atoms with Gasteiger partial charge in [-0.25, -0.2) is 9.59 Å². The van der Waals surface area contributed by atoms with Gasteiger partial charge in [0.25, 0.3) is 0 Å². The number of fused-ring (bicyclic) bond motifs is 1. The molecule has 0 radical (unpaired) electrons. The summed E-state index contributed by atoms with van der Waals surface area (Å²) in [6.45, 7) is 3.75. The van der Waals surface area contributed by atoms with Gasteiger partial charge in [0.1, 0.15) is 5.57 Å². The van der Waals surface area contributed by atoms with E-state index >= 15 is 0 Å². The first-order valence-corrected chi connectivity index (χ1v) is 7.21. The quantitative estimate of drug-likeness (QED) is 0.501. The zero-order valence-corrected chi connectivity index (χ0v) is 12.6. The van der Waals surface area contributed by atoms with E-state index in [1.54, 1.807) is 6.92 Å². The molecule has 2 N–H and O–H groups in total. The van der Waals surface area contributed by atoms with Crippen LogP contribution in [-0.2, 0) is 16.0 Å². The zero-order valence-electron chi connectivity index (χ0n) is 12.6. The van der Waals surface area contributed by atoms with E-state index in [9.17, 15) is 19.8 Å². The van der Waals surface area contributed by atoms with Crippen molar-refractivity contribution in [3.8, 4) is 0 Å². The fourth-order valence-corrected chi connectivity index (χ4v) is 2.80. The minimum absolute atomic E-state index is 0.342. The SMILES string of the molecule is CCC(=C(C(=O)O)C(=O)O)c1c(CC)ccc2ccccc12. The fourth-order valence-electron chi connectivity index (χ4n) is 2.80. The summed E-state index contributed by atoms with van der Waals surface area (Å²) >= 11 is 0. The van der Waals surface area contributed by atoms with Crippen LogP contribution in [0.5, 0.6) is 0 Å². The molecule has 0 heterocycles. The van der Waals surface area contributed by atoms with E-state index in [4.69, 9.17) is 0 Å². The fraction of sp³-hybridized carbons (Fsp3) is 0.222. The lowest BCUT2D eigenvalue weighted by atomic mass is 9.88. The van der Waals surface area contributed by atoms with Crippen molar-refractivity contribution in [3.05, 3.63) is 53.1 Å². The molecule has 0 aliphatic rings. The van der Waals surface area contributed by atoms with Gasteiger partial charge >= 0.3 is 11.9 Å². The first-order valence-electron chi connectivity index (χ1n) is 7.21. The molecule has 0 spiro atoms. The van der Waals surface area contributed by atoms with Crippen LogP contribution in [-0.4, -0.2) is 22.2 Å². The number of benzene rings is 2. The van der Waals surface area contributed by atoms with Crippen molar-refractivity contribution < 1.29 is 19.8 Å². The molecule has 0 atom stereocenters.